The monoisotopic (exact) mass is 343 g/mol. The smallest absolute Gasteiger partial charge is 0.236 e. The summed E-state index contributed by atoms with van der Waals surface area (Å²) in [6.07, 6.45) is 3.55. The second-order valence-electron chi connectivity index (χ2n) is 5.02. The predicted molar refractivity (Wildman–Crippen MR) is 90.8 cm³/mol. The number of pyridine rings is 1. The molecule has 116 valence electrons. The van der Waals surface area contributed by atoms with Crippen LogP contribution >= 0.6 is 23.1 Å². The molecular weight excluding hydrogens is 330 g/mol. The van der Waals surface area contributed by atoms with E-state index in [2.05, 4.69) is 9.97 Å². The molecule has 5 nitrogen and oxygen atoms in total. The fourth-order valence-corrected chi connectivity index (χ4v) is 4.05. The highest BCUT2D eigenvalue weighted by molar-refractivity contribution is 7.99. The molecule has 0 atom stereocenters. The van der Waals surface area contributed by atoms with E-state index in [4.69, 9.17) is 4.42 Å². The van der Waals surface area contributed by atoms with Crippen LogP contribution in [0.25, 0.3) is 10.8 Å². The minimum Gasteiger partial charge on any atom is -0.444 e. The average Bonchev–Trinajstić information content (AvgIpc) is 3.25. The van der Waals surface area contributed by atoms with Crippen molar-refractivity contribution in [2.24, 2.45) is 0 Å². The molecule has 1 amide bonds. The summed E-state index contributed by atoms with van der Waals surface area (Å²) < 4.78 is 5.48. The first kappa shape index (κ1) is 14.5. The molecule has 0 spiro atoms. The van der Waals surface area contributed by atoms with Crippen LogP contribution in [0.5, 0.6) is 0 Å². The molecule has 4 rings (SSSR count). The van der Waals surface area contributed by atoms with Gasteiger partial charge in [-0.05, 0) is 23.6 Å². The molecule has 0 aliphatic carbocycles. The third-order valence-electron chi connectivity index (χ3n) is 3.51. The summed E-state index contributed by atoms with van der Waals surface area (Å²) in [5.74, 6) is 1.44. The quantitative estimate of drug-likeness (QED) is 0.729. The van der Waals surface area contributed by atoms with Crippen molar-refractivity contribution < 1.29 is 9.21 Å². The summed E-state index contributed by atoms with van der Waals surface area (Å²) in [6.45, 7) is 0.692. The van der Waals surface area contributed by atoms with Crippen molar-refractivity contribution in [2.75, 3.05) is 17.2 Å². The summed E-state index contributed by atoms with van der Waals surface area (Å²) in [7, 11) is 0. The van der Waals surface area contributed by atoms with Crippen molar-refractivity contribution in [1.82, 2.24) is 9.97 Å². The predicted octanol–water partition coefficient (Wildman–Crippen LogP) is 3.48. The molecule has 0 aromatic carbocycles. The van der Waals surface area contributed by atoms with Gasteiger partial charge in [0.15, 0.2) is 0 Å². The van der Waals surface area contributed by atoms with E-state index < -0.39 is 0 Å². The SMILES string of the molecule is O=C(Cc1coc(-c2cccs2)n1)N1CCSc2ncccc21. The molecule has 0 saturated heterocycles. The number of aromatic nitrogens is 2. The van der Waals surface area contributed by atoms with Crippen LogP contribution in [-0.4, -0.2) is 28.2 Å². The zero-order valence-corrected chi connectivity index (χ0v) is 13.8. The molecule has 0 radical (unpaired) electrons. The number of thioether (sulfide) groups is 1. The van der Waals surface area contributed by atoms with Gasteiger partial charge in [-0.15, -0.1) is 23.1 Å². The van der Waals surface area contributed by atoms with E-state index in [1.807, 2.05) is 29.6 Å². The first-order chi connectivity index (χ1) is 11.3. The van der Waals surface area contributed by atoms with Gasteiger partial charge in [-0.3, -0.25) is 4.79 Å². The van der Waals surface area contributed by atoms with Crippen LogP contribution in [0, 0.1) is 0 Å². The first-order valence-electron chi connectivity index (χ1n) is 7.18. The molecule has 3 aromatic rings. The number of carbonyl (C=O) groups is 1. The molecule has 0 saturated carbocycles. The minimum atomic E-state index is 0.0191. The number of thiophene rings is 1. The van der Waals surface area contributed by atoms with E-state index in [1.165, 1.54) is 0 Å². The Morgan fingerprint density at radius 1 is 1.35 bits per heavy atom. The van der Waals surface area contributed by atoms with E-state index in [0.717, 1.165) is 21.3 Å². The lowest BCUT2D eigenvalue weighted by Crippen LogP contribution is -2.36. The standard InChI is InChI=1S/C16H13N3O2S2/c20-14(19-6-8-23-16-12(19)3-1-5-17-16)9-11-10-21-15(18-11)13-4-2-7-22-13/h1-5,7,10H,6,8-9H2. The van der Waals surface area contributed by atoms with E-state index >= 15 is 0 Å². The van der Waals surface area contributed by atoms with E-state index in [9.17, 15) is 4.79 Å². The second kappa shape index (κ2) is 6.17. The molecule has 7 heteroatoms. The second-order valence-corrected chi connectivity index (χ2v) is 7.05. The fraction of sp³-hybridized carbons (Fsp3) is 0.188. The largest absolute Gasteiger partial charge is 0.444 e. The Bertz CT molecular complexity index is 829. The summed E-state index contributed by atoms with van der Waals surface area (Å²) in [4.78, 5) is 24.1. The number of amides is 1. The molecule has 23 heavy (non-hydrogen) atoms. The Kier molecular flexibility index (Phi) is 3.88. The van der Waals surface area contributed by atoms with Gasteiger partial charge in [-0.1, -0.05) is 6.07 Å². The number of nitrogens with zero attached hydrogens (tertiary/aromatic N) is 3. The van der Waals surface area contributed by atoms with Crippen molar-refractivity contribution in [1.29, 1.82) is 0 Å². The van der Waals surface area contributed by atoms with Gasteiger partial charge < -0.3 is 9.32 Å². The minimum absolute atomic E-state index is 0.0191. The Balaban J connectivity index is 1.53. The Hall–Kier alpha value is -2.12. The van der Waals surface area contributed by atoms with E-state index in [1.54, 1.807) is 40.5 Å². The van der Waals surface area contributed by atoms with Crippen molar-refractivity contribution in [3.63, 3.8) is 0 Å². The third kappa shape index (κ3) is 2.89. The van der Waals surface area contributed by atoms with Crippen LogP contribution in [0.1, 0.15) is 5.69 Å². The van der Waals surface area contributed by atoms with Crippen molar-refractivity contribution >= 4 is 34.7 Å². The first-order valence-corrected chi connectivity index (χ1v) is 9.04. The summed E-state index contributed by atoms with van der Waals surface area (Å²) in [5, 5.41) is 2.88. The van der Waals surface area contributed by atoms with Crippen molar-refractivity contribution in [3.8, 4) is 10.8 Å². The highest BCUT2D eigenvalue weighted by Crippen LogP contribution is 2.32. The molecule has 1 aliphatic rings. The molecule has 1 aliphatic heterocycles. The van der Waals surface area contributed by atoms with Gasteiger partial charge >= 0.3 is 0 Å². The van der Waals surface area contributed by atoms with E-state index in [-0.39, 0.29) is 12.3 Å². The van der Waals surface area contributed by atoms with Crippen molar-refractivity contribution in [2.45, 2.75) is 11.4 Å². The molecule has 4 heterocycles. The molecule has 0 N–H and O–H groups in total. The number of hydrogen-bond acceptors (Lipinski definition) is 6. The number of oxazole rings is 1. The Morgan fingerprint density at radius 3 is 3.17 bits per heavy atom. The van der Waals surface area contributed by atoms with Crippen LogP contribution in [0.2, 0.25) is 0 Å². The lowest BCUT2D eigenvalue weighted by Gasteiger charge is -2.27. The summed E-state index contributed by atoms with van der Waals surface area (Å²) >= 11 is 3.25. The van der Waals surface area contributed by atoms with Crippen LogP contribution in [0.4, 0.5) is 5.69 Å². The van der Waals surface area contributed by atoms with Gasteiger partial charge in [0, 0.05) is 18.5 Å². The maximum Gasteiger partial charge on any atom is 0.236 e. The van der Waals surface area contributed by atoms with Crippen LogP contribution < -0.4 is 4.90 Å². The summed E-state index contributed by atoms with van der Waals surface area (Å²) in [5.41, 5.74) is 1.54. The van der Waals surface area contributed by atoms with Gasteiger partial charge in [0.1, 0.15) is 11.3 Å². The number of fused-ring (bicyclic) bond motifs is 1. The van der Waals surface area contributed by atoms with Crippen molar-refractivity contribution in [3.05, 3.63) is 47.8 Å². The Morgan fingerprint density at radius 2 is 2.30 bits per heavy atom. The van der Waals surface area contributed by atoms with Crippen LogP contribution in [0.15, 0.2) is 51.5 Å². The fourth-order valence-electron chi connectivity index (χ4n) is 2.46. The molecule has 0 bridgehead atoms. The highest BCUT2D eigenvalue weighted by atomic mass is 32.2. The van der Waals surface area contributed by atoms with Gasteiger partial charge in [-0.2, -0.15) is 0 Å². The maximum atomic E-state index is 12.6. The average molecular weight is 343 g/mol. The topological polar surface area (TPSA) is 59.2 Å². The zero-order chi connectivity index (χ0) is 15.6. The number of anilines is 1. The lowest BCUT2D eigenvalue weighted by atomic mass is 10.2. The van der Waals surface area contributed by atoms with Gasteiger partial charge in [0.2, 0.25) is 11.8 Å². The Labute approximate surface area is 141 Å². The molecule has 0 fully saturated rings. The molecular formula is C16H13N3O2S2. The van der Waals surface area contributed by atoms with E-state index in [0.29, 0.717) is 18.1 Å². The molecule has 3 aromatic heterocycles. The molecule has 0 unspecified atom stereocenters. The van der Waals surface area contributed by atoms with Crippen LogP contribution in [0.3, 0.4) is 0 Å². The number of hydrogen-bond donors (Lipinski definition) is 0. The van der Waals surface area contributed by atoms with Gasteiger partial charge in [0.25, 0.3) is 0 Å². The normalized spacial score (nSPS) is 13.8. The highest BCUT2D eigenvalue weighted by Gasteiger charge is 2.24. The number of rotatable bonds is 3. The lowest BCUT2D eigenvalue weighted by molar-refractivity contribution is -0.118. The summed E-state index contributed by atoms with van der Waals surface area (Å²) in [6, 6.07) is 7.69. The van der Waals surface area contributed by atoms with Crippen LogP contribution in [-0.2, 0) is 11.2 Å². The van der Waals surface area contributed by atoms with Gasteiger partial charge in [0.05, 0.1) is 22.7 Å². The maximum absolute atomic E-state index is 12.6. The third-order valence-corrected chi connectivity index (χ3v) is 5.35. The van der Waals surface area contributed by atoms with Gasteiger partial charge in [-0.25, -0.2) is 9.97 Å². The zero-order valence-electron chi connectivity index (χ0n) is 12.1. The number of carbonyl (C=O) groups excluding carboxylic acids is 1.